The Morgan fingerprint density at radius 2 is 2.15 bits per heavy atom. The van der Waals surface area contributed by atoms with E-state index in [4.69, 9.17) is 4.74 Å². The van der Waals surface area contributed by atoms with E-state index < -0.39 is 0 Å². The van der Waals surface area contributed by atoms with Crippen LogP contribution >= 0.6 is 11.8 Å². The molecule has 2 aliphatic rings. The maximum Gasteiger partial charge on any atom is 0.281 e. The quantitative estimate of drug-likeness (QED) is 0.768. The molecule has 7 heteroatoms. The Hall–Kier alpha value is -0.790. The van der Waals surface area contributed by atoms with E-state index >= 15 is 0 Å². The third-order valence-electron chi connectivity index (χ3n) is 3.50. The zero-order chi connectivity index (χ0) is 14.4. The number of nitrogens with zero attached hydrogens (tertiary/aromatic N) is 2. The third kappa shape index (κ3) is 4.96. The summed E-state index contributed by atoms with van der Waals surface area (Å²) in [5.41, 5.74) is 0. The van der Waals surface area contributed by atoms with Crippen molar-refractivity contribution < 1.29 is 14.3 Å². The van der Waals surface area contributed by atoms with Crippen LogP contribution in [0, 0.1) is 0 Å². The molecule has 2 fully saturated rings. The summed E-state index contributed by atoms with van der Waals surface area (Å²) in [4.78, 5) is 27.3. The summed E-state index contributed by atoms with van der Waals surface area (Å²) >= 11 is 1.33. The van der Waals surface area contributed by atoms with Crippen LogP contribution in [0.3, 0.4) is 0 Å². The smallest absolute Gasteiger partial charge is 0.281 e. The first kappa shape index (κ1) is 15.6. The zero-order valence-electron chi connectivity index (χ0n) is 12.0. The molecule has 1 N–H and O–H groups in total. The number of nitrogens with one attached hydrogen (secondary N) is 1. The first-order valence-corrected chi connectivity index (χ1v) is 8.15. The highest BCUT2D eigenvalue weighted by atomic mass is 32.2. The molecular weight excluding hydrogens is 278 g/mol. The van der Waals surface area contributed by atoms with Crippen LogP contribution < -0.4 is 5.32 Å². The number of hydrogen-bond acceptors (Lipinski definition) is 5. The predicted octanol–water partition coefficient (Wildman–Crippen LogP) is 0.382. The summed E-state index contributed by atoms with van der Waals surface area (Å²) in [7, 11) is 0. The van der Waals surface area contributed by atoms with Gasteiger partial charge in [-0.15, -0.1) is 0 Å². The molecule has 20 heavy (non-hydrogen) atoms. The highest BCUT2D eigenvalue weighted by molar-refractivity contribution is 8.13. The SMILES string of the molecule is C[C@@H](CN1CCOCC1)NC(=O)CCN1CCSC1=O. The molecule has 2 heterocycles. The van der Waals surface area contributed by atoms with Gasteiger partial charge in [-0.3, -0.25) is 14.5 Å². The first-order chi connectivity index (χ1) is 9.65. The summed E-state index contributed by atoms with van der Waals surface area (Å²) in [5.74, 6) is 0.865. The fraction of sp³-hybridized carbons (Fsp3) is 0.846. The van der Waals surface area contributed by atoms with E-state index in [1.807, 2.05) is 6.92 Å². The number of rotatable bonds is 6. The van der Waals surface area contributed by atoms with Crippen molar-refractivity contribution >= 4 is 22.9 Å². The largest absolute Gasteiger partial charge is 0.379 e. The van der Waals surface area contributed by atoms with E-state index in [9.17, 15) is 9.59 Å². The summed E-state index contributed by atoms with van der Waals surface area (Å²) in [6.07, 6.45) is 0.389. The zero-order valence-corrected chi connectivity index (χ0v) is 12.8. The van der Waals surface area contributed by atoms with E-state index in [2.05, 4.69) is 10.2 Å². The van der Waals surface area contributed by atoms with Crippen molar-refractivity contribution in [2.75, 3.05) is 51.7 Å². The second-order valence-electron chi connectivity index (χ2n) is 5.23. The molecule has 0 radical (unpaired) electrons. The van der Waals surface area contributed by atoms with Crippen molar-refractivity contribution in [2.24, 2.45) is 0 Å². The lowest BCUT2D eigenvalue weighted by Gasteiger charge is -2.29. The Morgan fingerprint density at radius 1 is 1.40 bits per heavy atom. The topological polar surface area (TPSA) is 61.9 Å². The summed E-state index contributed by atoms with van der Waals surface area (Å²) in [6, 6.07) is 0.129. The average molecular weight is 301 g/mol. The predicted molar refractivity (Wildman–Crippen MR) is 78.9 cm³/mol. The molecule has 0 unspecified atom stereocenters. The summed E-state index contributed by atoms with van der Waals surface area (Å²) in [6.45, 7) is 7.57. The summed E-state index contributed by atoms with van der Waals surface area (Å²) in [5, 5.41) is 3.10. The fourth-order valence-electron chi connectivity index (χ4n) is 2.43. The molecule has 0 saturated carbocycles. The monoisotopic (exact) mass is 301 g/mol. The van der Waals surface area contributed by atoms with Gasteiger partial charge in [0.2, 0.25) is 5.91 Å². The van der Waals surface area contributed by atoms with Crippen molar-refractivity contribution in [2.45, 2.75) is 19.4 Å². The van der Waals surface area contributed by atoms with Gasteiger partial charge >= 0.3 is 0 Å². The van der Waals surface area contributed by atoms with Gasteiger partial charge in [0, 0.05) is 50.9 Å². The lowest BCUT2D eigenvalue weighted by molar-refractivity contribution is -0.122. The number of carbonyl (C=O) groups excluding carboxylic acids is 2. The van der Waals surface area contributed by atoms with Gasteiger partial charge in [-0.25, -0.2) is 0 Å². The van der Waals surface area contributed by atoms with Gasteiger partial charge < -0.3 is 15.0 Å². The second-order valence-corrected chi connectivity index (χ2v) is 6.28. The fourth-order valence-corrected chi connectivity index (χ4v) is 3.28. The van der Waals surface area contributed by atoms with Crippen molar-refractivity contribution in [3.8, 4) is 0 Å². The molecule has 1 atom stereocenters. The average Bonchev–Trinajstić information content (AvgIpc) is 2.83. The normalized spacial score (nSPS) is 22.1. The van der Waals surface area contributed by atoms with Gasteiger partial charge in [-0.05, 0) is 6.92 Å². The van der Waals surface area contributed by atoms with Gasteiger partial charge in [0.25, 0.3) is 5.24 Å². The summed E-state index contributed by atoms with van der Waals surface area (Å²) < 4.78 is 5.30. The molecule has 2 saturated heterocycles. The molecule has 2 aliphatic heterocycles. The molecule has 2 rings (SSSR count). The van der Waals surface area contributed by atoms with Gasteiger partial charge in [0.15, 0.2) is 0 Å². The molecule has 0 spiro atoms. The van der Waals surface area contributed by atoms with Gasteiger partial charge in [-0.2, -0.15) is 0 Å². The van der Waals surface area contributed by atoms with E-state index in [1.54, 1.807) is 4.90 Å². The molecule has 2 amide bonds. The van der Waals surface area contributed by atoms with Crippen molar-refractivity contribution in [3.63, 3.8) is 0 Å². The van der Waals surface area contributed by atoms with Gasteiger partial charge in [-0.1, -0.05) is 11.8 Å². The lowest BCUT2D eigenvalue weighted by atomic mass is 10.2. The van der Waals surface area contributed by atoms with Crippen molar-refractivity contribution in [1.29, 1.82) is 0 Å². The minimum atomic E-state index is 0.0236. The Morgan fingerprint density at radius 3 is 2.80 bits per heavy atom. The maximum atomic E-state index is 11.9. The molecule has 0 aromatic rings. The van der Waals surface area contributed by atoms with Crippen LogP contribution in [0.25, 0.3) is 0 Å². The first-order valence-electron chi connectivity index (χ1n) is 7.16. The van der Waals surface area contributed by atoms with Crippen LogP contribution in [0.1, 0.15) is 13.3 Å². The number of ether oxygens (including phenoxy) is 1. The minimum absolute atomic E-state index is 0.0236. The van der Waals surface area contributed by atoms with Crippen molar-refractivity contribution in [3.05, 3.63) is 0 Å². The standard InChI is InChI=1S/C13H23N3O3S/c1-11(10-15-4-7-19-8-5-15)14-12(17)2-3-16-6-9-20-13(16)18/h11H,2-10H2,1H3,(H,14,17)/t11-/m0/s1. The maximum absolute atomic E-state index is 11.9. The number of hydrogen-bond donors (Lipinski definition) is 1. The second kappa shape index (κ2) is 7.85. The highest BCUT2D eigenvalue weighted by Crippen LogP contribution is 2.16. The molecule has 0 bridgehead atoms. The van der Waals surface area contributed by atoms with Crippen LogP contribution in [0.2, 0.25) is 0 Å². The molecule has 0 aliphatic carbocycles. The van der Waals surface area contributed by atoms with Crippen LogP contribution in [-0.2, 0) is 9.53 Å². The Labute approximate surface area is 124 Å². The van der Waals surface area contributed by atoms with Crippen LogP contribution in [-0.4, -0.2) is 78.7 Å². The van der Waals surface area contributed by atoms with Crippen LogP contribution in [0.5, 0.6) is 0 Å². The van der Waals surface area contributed by atoms with E-state index in [0.717, 1.165) is 45.1 Å². The Balaban J connectivity index is 1.61. The number of thioether (sulfide) groups is 1. The molecule has 0 aromatic heterocycles. The number of carbonyl (C=O) groups is 2. The number of amides is 2. The van der Waals surface area contributed by atoms with Gasteiger partial charge in [0.05, 0.1) is 13.2 Å². The van der Waals surface area contributed by atoms with Gasteiger partial charge in [0.1, 0.15) is 0 Å². The molecule has 6 nitrogen and oxygen atoms in total. The molecule has 114 valence electrons. The lowest BCUT2D eigenvalue weighted by Crippen LogP contribution is -2.46. The molecular formula is C13H23N3O3S. The highest BCUT2D eigenvalue weighted by Gasteiger charge is 2.22. The van der Waals surface area contributed by atoms with E-state index in [1.165, 1.54) is 11.8 Å². The third-order valence-corrected chi connectivity index (χ3v) is 4.39. The van der Waals surface area contributed by atoms with Crippen LogP contribution in [0.15, 0.2) is 0 Å². The Bertz CT molecular complexity index is 348. The minimum Gasteiger partial charge on any atom is -0.379 e. The molecule has 0 aromatic carbocycles. The Kier molecular flexibility index (Phi) is 6.12. The van der Waals surface area contributed by atoms with Crippen molar-refractivity contribution in [1.82, 2.24) is 15.1 Å². The van der Waals surface area contributed by atoms with Crippen LogP contribution in [0.4, 0.5) is 4.79 Å². The number of morpholine rings is 1. The van der Waals surface area contributed by atoms with E-state index in [0.29, 0.717) is 13.0 Å². The van der Waals surface area contributed by atoms with E-state index in [-0.39, 0.29) is 17.2 Å².